The second-order valence-corrected chi connectivity index (χ2v) is 4.08. The highest BCUT2D eigenvalue weighted by Gasteiger charge is 2.29. The van der Waals surface area contributed by atoms with Crippen LogP contribution in [-0.2, 0) is 9.59 Å². The van der Waals surface area contributed by atoms with Gasteiger partial charge in [-0.05, 0) is 18.2 Å². The van der Waals surface area contributed by atoms with Gasteiger partial charge in [0.2, 0.25) is 5.71 Å². The predicted octanol–water partition coefficient (Wildman–Crippen LogP) is 0.679. The minimum Gasteiger partial charge on any atom is -0.477 e. The van der Waals surface area contributed by atoms with E-state index in [2.05, 4.69) is 15.6 Å². The van der Waals surface area contributed by atoms with Crippen molar-refractivity contribution in [1.29, 1.82) is 10.5 Å². The molecule has 108 valence electrons. The Kier molecular flexibility index (Phi) is 4.11. The van der Waals surface area contributed by atoms with Crippen molar-refractivity contribution in [3.8, 4) is 12.1 Å². The second-order valence-electron chi connectivity index (χ2n) is 4.08. The minimum atomic E-state index is -1.25. The van der Waals surface area contributed by atoms with Gasteiger partial charge in [0.25, 0.3) is 5.91 Å². The van der Waals surface area contributed by atoms with Gasteiger partial charge in [0.05, 0.1) is 17.8 Å². The van der Waals surface area contributed by atoms with Crippen LogP contribution in [0.3, 0.4) is 0 Å². The Labute approximate surface area is 124 Å². The zero-order valence-corrected chi connectivity index (χ0v) is 11.0. The smallest absolute Gasteiger partial charge is 0.352 e. The molecule has 0 aromatic heterocycles. The van der Waals surface area contributed by atoms with Gasteiger partial charge < -0.3 is 5.11 Å². The summed E-state index contributed by atoms with van der Waals surface area (Å²) >= 11 is 0. The first-order chi connectivity index (χ1) is 10.5. The van der Waals surface area contributed by atoms with Crippen molar-refractivity contribution < 1.29 is 14.7 Å². The lowest BCUT2D eigenvalue weighted by Crippen LogP contribution is -2.19. The van der Waals surface area contributed by atoms with Crippen LogP contribution in [0.5, 0.6) is 0 Å². The monoisotopic (exact) mass is 296 g/mol. The maximum atomic E-state index is 11.8. The van der Waals surface area contributed by atoms with Crippen LogP contribution in [-0.4, -0.2) is 28.4 Å². The van der Waals surface area contributed by atoms with E-state index in [0.29, 0.717) is 11.4 Å². The van der Waals surface area contributed by atoms with Gasteiger partial charge in [0.1, 0.15) is 12.1 Å². The number of rotatable bonds is 4. The highest BCUT2D eigenvalue weighted by Crippen LogP contribution is 2.23. The number of anilines is 2. The molecule has 0 radical (unpaired) electrons. The van der Waals surface area contributed by atoms with E-state index in [1.165, 1.54) is 6.07 Å². The molecule has 2 rings (SSSR count). The lowest BCUT2D eigenvalue weighted by molar-refractivity contribution is -0.129. The molecule has 1 amide bonds. The largest absolute Gasteiger partial charge is 0.477 e. The van der Waals surface area contributed by atoms with E-state index < -0.39 is 11.9 Å². The predicted molar refractivity (Wildman–Crippen MR) is 75.9 cm³/mol. The fourth-order valence-electron chi connectivity index (χ4n) is 1.65. The molecule has 1 aromatic rings. The number of carbonyl (C=O) groups excluding carboxylic acids is 1. The van der Waals surface area contributed by atoms with Crippen LogP contribution in [0.15, 0.2) is 34.5 Å². The molecule has 1 aliphatic heterocycles. The van der Waals surface area contributed by atoms with E-state index in [9.17, 15) is 9.59 Å². The van der Waals surface area contributed by atoms with Gasteiger partial charge in [0, 0.05) is 0 Å². The Hall–Kier alpha value is -3.72. The summed E-state index contributed by atoms with van der Waals surface area (Å²) in [5.74, 6) is -1.71. The van der Waals surface area contributed by atoms with Gasteiger partial charge >= 0.3 is 5.97 Å². The summed E-state index contributed by atoms with van der Waals surface area (Å²) in [5, 5.41) is 34.3. The highest BCUT2D eigenvalue weighted by molar-refractivity contribution is 6.42. The van der Waals surface area contributed by atoms with Crippen molar-refractivity contribution in [2.75, 3.05) is 10.4 Å². The van der Waals surface area contributed by atoms with E-state index >= 15 is 0 Å². The van der Waals surface area contributed by atoms with Crippen LogP contribution >= 0.6 is 0 Å². The first-order valence-corrected chi connectivity index (χ1v) is 5.93. The number of hydrogen-bond acceptors (Lipinski definition) is 7. The minimum absolute atomic E-state index is 0.238. The normalized spacial score (nSPS) is 12.9. The van der Waals surface area contributed by atoms with Gasteiger partial charge in [-0.2, -0.15) is 25.7 Å². The third-order valence-corrected chi connectivity index (χ3v) is 2.62. The Bertz CT molecular complexity index is 768. The van der Waals surface area contributed by atoms with E-state index in [1.54, 1.807) is 30.3 Å². The lowest BCUT2D eigenvalue weighted by atomic mass is 10.2. The molecule has 9 heteroatoms. The lowest BCUT2D eigenvalue weighted by Gasteiger charge is -2.12. The fraction of sp³-hybridized carbons (Fsp3) is 0.0769. The number of amides is 1. The molecule has 2 N–H and O–H groups in total. The van der Waals surface area contributed by atoms with Gasteiger partial charge in [-0.15, -0.1) is 0 Å². The number of hydrazone groups is 2. The van der Waals surface area contributed by atoms with E-state index in [1.807, 2.05) is 0 Å². The zero-order chi connectivity index (χ0) is 16.1. The van der Waals surface area contributed by atoms with Crippen LogP contribution in [0.25, 0.3) is 0 Å². The average Bonchev–Trinajstić information content (AvgIpc) is 2.91. The molecule has 0 saturated heterocycles. The second kappa shape index (κ2) is 6.15. The van der Waals surface area contributed by atoms with Crippen LogP contribution < -0.4 is 10.4 Å². The van der Waals surface area contributed by atoms with Gasteiger partial charge in [-0.25, -0.2) is 4.79 Å². The van der Waals surface area contributed by atoms with Crippen molar-refractivity contribution in [1.82, 2.24) is 0 Å². The van der Waals surface area contributed by atoms with Crippen molar-refractivity contribution in [2.24, 2.45) is 10.2 Å². The number of aliphatic carboxylic acids is 1. The number of nitrogens with one attached hydrogen (secondary N) is 1. The third kappa shape index (κ3) is 3.05. The van der Waals surface area contributed by atoms with Gasteiger partial charge in [0.15, 0.2) is 5.71 Å². The molecule has 22 heavy (non-hydrogen) atoms. The Morgan fingerprint density at radius 3 is 2.73 bits per heavy atom. The number of nitriles is 2. The van der Waals surface area contributed by atoms with Gasteiger partial charge in [-0.3, -0.25) is 10.2 Å². The molecule has 1 heterocycles. The summed E-state index contributed by atoms with van der Waals surface area (Å²) in [5.41, 5.74) is 2.66. The molecular formula is C13H8N6O3. The zero-order valence-electron chi connectivity index (χ0n) is 11.0. The summed E-state index contributed by atoms with van der Waals surface area (Å²) in [4.78, 5) is 22.6. The topological polar surface area (TPSA) is 142 Å². The number of hydrogen-bond donors (Lipinski definition) is 2. The number of nitrogens with zero attached hydrogens (tertiary/aromatic N) is 5. The third-order valence-electron chi connectivity index (χ3n) is 2.62. The average molecular weight is 296 g/mol. The fourth-order valence-corrected chi connectivity index (χ4v) is 1.65. The molecule has 0 fully saturated rings. The van der Waals surface area contributed by atoms with Crippen molar-refractivity contribution >= 4 is 34.7 Å². The number of carboxylic acids is 1. The number of benzene rings is 1. The first-order valence-electron chi connectivity index (χ1n) is 5.93. The molecule has 0 saturated carbocycles. The Morgan fingerprint density at radius 2 is 2.14 bits per heavy atom. The molecular weight excluding hydrogens is 288 g/mol. The summed E-state index contributed by atoms with van der Waals surface area (Å²) in [6, 6.07) is 9.43. The maximum Gasteiger partial charge on any atom is 0.352 e. The first kappa shape index (κ1) is 14.7. The quantitative estimate of drug-likeness (QED) is 0.618. The summed E-state index contributed by atoms with van der Waals surface area (Å²) in [7, 11) is 0. The Morgan fingerprint density at radius 1 is 1.41 bits per heavy atom. The summed E-state index contributed by atoms with van der Waals surface area (Å²) in [6.45, 7) is 0. The van der Waals surface area contributed by atoms with Crippen LogP contribution in [0.2, 0.25) is 0 Å². The molecule has 0 spiro atoms. The van der Waals surface area contributed by atoms with Crippen molar-refractivity contribution in [3.63, 3.8) is 0 Å². The Balaban J connectivity index is 2.25. The van der Waals surface area contributed by atoms with Crippen molar-refractivity contribution in [3.05, 3.63) is 24.3 Å². The number of carboxylic acid groups (broad SMARTS) is 1. The van der Waals surface area contributed by atoms with Crippen LogP contribution in [0.1, 0.15) is 6.42 Å². The summed E-state index contributed by atoms with van der Waals surface area (Å²) < 4.78 is 0. The molecule has 9 nitrogen and oxygen atoms in total. The number of carbonyl (C=O) groups is 2. The molecule has 0 atom stereocenters. The van der Waals surface area contributed by atoms with Gasteiger partial charge in [-0.1, -0.05) is 6.07 Å². The SMILES string of the molecule is N#CC(C#N)=NNc1cccc(N2N=C(C(=O)O)CC2=O)c1. The molecule has 1 aromatic carbocycles. The van der Waals surface area contributed by atoms with Crippen molar-refractivity contribution in [2.45, 2.75) is 6.42 Å². The van der Waals surface area contributed by atoms with E-state index in [0.717, 1.165) is 5.01 Å². The van der Waals surface area contributed by atoms with Crippen LogP contribution in [0.4, 0.5) is 11.4 Å². The molecule has 0 unspecified atom stereocenters. The molecule has 1 aliphatic rings. The molecule has 0 aliphatic carbocycles. The molecule has 0 bridgehead atoms. The standard InChI is InChI=1S/C13H8N6O3/c14-6-9(7-15)17-16-8-2-1-3-10(4-8)19-12(20)5-11(18-19)13(21)22/h1-4,16H,5H2,(H,21,22). The maximum absolute atomic E-state index is 11.8. The van der Waals surface area contributed by atoms with E-state index in [-0.39, 0.29) is 17.8 Å². The van der Waals surface area contributed by atoms with Crippen LogP contribution in [0, 0.1) is 22.7 Å². The summed E-state index contributed by atoms with van der Waals surface area (Å²) in [6.07, 6.45) is -0.280. The highest BCUT2D eigenvalue weighted by atomic mass is 16.4. The van der Waals surface area contributed by atoms with E-state index in [4.69, 9.17) is 15.6 Å².